The molecular formula is C14H21N3O9. The van der Waals surface area contributed by atoms with Crippen molar-refractivity contribution in [1.29, 1.82) is 0 Å². The van der Waals surface area contributed by atoms with E-state index in [1.807, 2.05) is 0 Å². The van der Waals surface area contributed by atoms with Crippen molar-refractivity contribution in [2.75, 3.05) is 19.8 Å². The Bertz CT molecular complexity index is 761. The Hall–Kier alpha value is -2.73. The Morgan fingerprint density at radius 1 is 0.808 bits per heavy atom. The van der Waals surface area contributed by atoms with E-state index < -0.39 is 42.2 Å². The number of aliphatic hydroxyl groups excluding tert-OH is 2. The van der Waals surface area contributed by atoms with Gasteiger partial charge in [-0.1, -0.05) is 0 Å². The third-order valence-electron chi connectivity index (χ3n) is 3.36. The van der Waals surface area contributed by atoms with Crippen molar-refractivity contribution in [2.45, 2.75) is 38.9 Å². The summed E-state index contributed by atoms with van der Waals surface area (Å²) in [6.07, 6.45) is -0.583. The molecule has 0 fully saturated rings. The molecule has 12 heteroatoms. The van der Waals surface area contributed by atoms with Crippen LogP contribution in [-0.2, 0) is 34.0 Å². The second kappa shape index (κ2) is 10.3. The molecule has 1 rings (SSSR count). The molecule has 0 radical (unpaired) electrons. The smallest absolute Gasteiger partial charge is 0.336 e. The van der Waals surface area contributed by atoms with Gasteiger partial charge in [0.1, 0.15) is 0 Å². The molecule has 0 bridgehead atoms. The van der Waals surface area contributed by atoms with Gasteiger partial charge in [-0.2, -0.15) is 0 Å². The number of ether oxygens (including phenoxy) is 1. The number of esters is 1. The zero-order chi connectivity index (χ0) is 19.7. The van der Waals surface area contributed by atoms with Crippen LogP contribution in [0.1, 0.15) is 19.3 Å². The fraction of sp³-hybridized carbons (Fsp3) is 0.643. The molecule has 0 amide bonds. The predicted octanol–water partition coefficient (Wildman–Crippen LogP) is -3.05. The molecule has 1 heterocycles. The lowest BCUT2D eigenvalue weighted by molar-refractivity contribution is -0.147. The maximum Gasteiger partial charge on any atom is 0.336 e. The number of aliphatic carboxylic acids is 1. The van der Waals surface area contributed by atoms with E-state index in [-0.39, 0.29) is 45.5 Å². The van der Waals surface area contributed by atoms with Gasteiger partial charge < -0.3 is 20.1 Å². The van der Waals surface area contributed by atoms with Gasteiger partial charge in [-0.05, 0) is 6.42 Å². The van der Waals surface area contributed by atoms with Gasteiger partial charge in [-0.3, -0.25) is 9.59 Å². The van der Waals surface area contributed by atoms with Crippen LogP contribution in [-0.4, -0.2) is 60.8 Å². The minimum atomic E-state index is -1.14. The van der Waals surface area contributed by atoms with Gasteiger partial charge in [0.2, 0.25) is 0 Å². The lowest BCUT2D eigenvalue weighted by atomic mass is 10.3. The summed E-state index contributed by atoms with van der Waals surface area (Å²) in [5.41, 5.74) is -2.76. The highest BCUT2D eigenvalue weighted by molar-refractivity contribution is 5.76. The molecule has 0 aliphatic rings. The summed E-state index contributed by atoms with van der Waals surface area (Å²) in [4.78, 5) is 58.2. The van der Waals surface area contributed by atoms with Gasteiger partial charge in [-0.15, -0.1) is 0 Å². The van der Waals surface area contributed by atoms with E-state index in [1.54, 1.807) is 0 Å². The summed E-state index contributed by atoms with van der Waals surface area (Å²) < 4.78 is 6.90. The Morgan fingerprint density at radius 2 is 1.27 bits per heavy atom. The lowest BCUT2D eigenvalue weighted by Crippen LogP contribution is -2.55. The van der Waals surface area contributed by atoms with Crippen LogP contribution in [0.25, 0.3) is 0 Å². The van der Waals surface area contributed by atoms with Crippen LogP contribution >= 0.6 is 0 Å². The zero-order valence-electron chi connectivity index (χ0n) is 14.0. The molecule has 0 saturated carbocycles. The first-order valence-corrected chi connectivity index (χ1v) is 7.87. The van der Waals surface area contributed by atoms with Crippen molar-refractivity contribution in [1.82, 2.24) is 13.7 Å². The minimum absolute atomic E-state index is 0.0738. The van der Waals surface area contributed by atoms with Gasteiger partial charge >= 0.3 is 29.0 Å². The van der Waals surface area contributed by atoms with Crippen LogP contribution in [0, 0.1) is 0 Å². The number of carbonyl (C=O) groups is 2. The quantitative estimate of drug-likeness (QED) is 0.268. The van der Waals surface area contributed by atoms with E-state index >= 15 is 0 Å². The average Bonchev–Trinajstić information content (AvgIpc) is 2.59. The molecule has 0 spiro atoms. The molecule has 12 nitrogen and oxygen atoms in total. The summed E-state index contributed by atoms with van der Waals surface area (Å²) in [5, 5.41) is 26.4. The summed E-state index contributed by atoms with van der Waals surface area (Å²) in [6.45, 7) is -1.92. The van der Waals surface area contributed by atoms with Gasteiger partial charge in [-0.25, -0.2) is 28.1 Å². The molecule has 0 saturated heterocycles. The highest BCUT2D eigenvalue weighted by Crippen LogP contribution is 1.94. The fourth-order valence-corrected chi connectivity index (χ4v) is 2.15. The number of aliphatic hydroxyl groups is 2. The van der Waals surface area contributed by atoms with Crippen LogP contribution < -0.4 is 17.1 Å². The van der Waals surface area contributed by atoms with E-state index in [0.717, 1.165) is 4.57 Å². The van der Waals surface area contributed by atoms with Crippen molar-refractivity contribution in [3.63, 3.8) is 0 Å². The van der Waals surface area contributed by atoms with E-state index in [0.29, 0.717) is 9.13 Å². The van der Waals surface area contributed by atoms with Gasteiger partial charge in [0, 0.05) is 6.54 Å². The second-order valence-corrected chi connectivity index (χ2v) is 5.22. The number of aromatic nitrogens is 3. The molecule has 26 heavy (non-hydrogen) atoms. The normalized spacial score (nSPS) is 10.7. The summed E-state index contributed by atoms with van der Waals surface area (Å²) in [7, 11) is 0. The highest BCUT2D eigenvalue weighted by atomic mass is 16.5. The molecule has 3 N–H and O–H groups in total. The molecule has 0 unspecified atom stereocenters. The summed E-state index contributed by atoms with van der Waals surface area (Å²) in [5.74, 6) is -1.85. The van der Waals surface area contributed by atoms with Crippen LogP contribution in [0.15, 0.2) is 14.4 Å². The number of hydrogen-bond acceptors (Lipinski definition) is 8. The zero-order valence-corrected chi connectivity index (χ0v) is 14.0. The number of hydrogen-bond donors (Lipinski definition) is 3. The van der Waals surface area contributed by atoms with Crippen molar-refractivity contribution < 1.29 is 29.6 Å². The Morgan fingerprint density at radius 3 is 1.69 bits per heavy atom. The largest absolute Gasteiger partial charge is 0.481 e. The molecule has 0 atom stereocenters. The Balaban J connectivity index is 2.87. The van der Waals surface area contributed by atoms with Crippen LogP contribution in [0.2, 0.25) is 0 Å². The first-order chi connectivity index (χ1) is 12.3. The van der Waals surface area contributed by atoms with Crippen molar-refractivity contribution in [2.24, 2.45) is 0 Å². The Kier molecular flexibility index (Phi) is 8.45. The van der Waals surface area contributed by atoms with Gasteiger partial charge in [0.05, 0.1) is 45.8 Å². The second-order valence-electron chi connectivity index (χ2n) is 5.22. The Labute approximate surface area is 146 Å². The predicted molar refractivity (Wildman–Crippen MR) is 85.8 cm³/mol. The van der Waals surface area contributed by atoms with Crippen molar-refractivity contribution in [3.8, 4) is 0 Å². The third kappa shape index (κ3) is 5.67. The van der Waals surface area contributed by atoms with E-state index in [1.165, 1.54) is 0 Å². The highest BCUT2D eigenvalue weighted by Gasteiger charge is 2.15. The first-order valence-electron chi connectivity index (χ1n) is 7.87. The molecule has 0 aliphatic heterocycles. The number of rotatable bonds is 11. The third-order valence-corrected chi connectivity index (χ3v) is 3.36. The SMILES string of the molecule is O=C(O)CCC(=O)OCCCn1c(=O)n(CCO)c(=O)n(CCO)c1=O. The van der Waals surface area contributed by atoms with Gasteiger partial charge in [0.25, 0.3) is 0 Å². The fourth-order valence-electron chi connectivity index (χ4n) is 2.15. The maximum atomic E-state index is 12.2. The van der Waals surface area contributed by atoms with Gasteiger partial charge in [0.15, 0.2) is 0 Å². The molecule has 1 aromatic rings. The summed E-state index contributed by atoms with van der Waals surface area (Å²) in [6, 6.07) is 0. The molecule has 1 aromatic heterocycles. The standard InChI is InChI=1S/C14H21N3O9/c18-7-5-16-12(23)15(13(24)17(6-8-19)14(16)25)4-1-9-26-11(22)3-2-10(20)21/h18-19H,1-9H2,(H,20,21). The number of carboxylic acid groups (broad SMARTS) is 1. The van der Waals surface area contributed by atoms with Crippen molar-refractivity contribution >= 4 is 11.9 Å². The first kappa shape index (κ1) is 21.3. The van der Waals surface area contributed by atoms with Crippen LogP contribution in [0.3, 0.4) is 0 Å². The topological polar surface area (TPSA) is 170 Å². The number of nitrogens with zero attached hydrogens (tertiary/aromatic N) is 3. The molecule has 0 aromatic carbocycles. The number of carbonyl (C=O) groups excluding carboxylic acids is 1. The van der Waals surface area contributed by atoms with E-state index in [9.17, 15) is 24.0 Å². The number of carboxylic acids is 1. The molecular weight excluding hydrogens is 354 g/mol. The molecule has 146 valence electrons. The average molecular weight is 375 g/mol. The summed E-state index contributed by atoms with van der Waals surface area (Å²) >= 11 is 0. The minimum Gasteiger partial charge on any atom is -0.481 e. The maximum absolute atomic E-state index is 12.2. The van der Waals surface area contributed by atoms with Crippen LogP contribution in [0.4, 0.5) is 0 Å². The van der Waals surface area contributed by atoms with E-state index in [2.05, 4.69) is 0 Å². The van der Waals surface area contributed by atoms with Crippen LogP contribution in [0.5, 0.6) is 0 Å². The van der Waals surface area contributed by atoms with Crippen molar-refractivity contribution in [3.05, 3.63) is 31.5 Å². The molecule has 0 aliphatic carbocycles. The van der Waals surface area contributed by atoms with E-state index in [4.69, 9.17) is 20.1 Å². The monoisotopic (exact) mass is 375 g/mol. The lowest BCUT2D eigenvalue weighted by Gasteiger charge is -2.12.